The molecular formula is C12H15NO2. The largest absolute Gasteiger partial charge is 0.481 e. The van der Waals surface area contributed by atoms with E-state index in [1.807, 2.05) is 18.2 Å². The van der Waals surface area contributed by atoms with Gasteiger partial charge in [0.15, 0.2) is 0 Å². The van der Waals surface area contributed by atoms with Gasteiger partial charge in [0, 0.05) is 18.2 Å². The van der Waals surface area contributed by atoms with E-state index >= 15 is 0 Å². The van der Waals surface area contributed by atoms with E-state index in [0.29, 0.717) is 5.92 Å². The average Bonchev–Trinajstić information content (AvgIpc) is 2.59. The lowest BCUT2D eigenvalue weighted by Crippen LogP contribution is -2.10. The van der Waals surface area contributed by atoms with Crippen molar-refractivity contribution < 1.29 is 9.90 Å². The van der Waals surface area contributed by atoms with Crippen LogP contribution < -0.4 is 5.32 Å². The maximum Gasteiger partial charge on any atom is 0.310 e. The second-order valence-corrected chi connectivity index (χ2v) is 4.15. The molecule has 1 aromatic carbocycles. The van der Waals surface area contributed by atoms with Gasteiger partial charge in [-0.3, -0.25) is 4.79 Å². The van der Waals surface area contributed by atoms with Crippen LogP contribution in [0.2, 0.25) is 0 Å². The average molecular weight is 205 g/mol. The third kappa shape index (κ3) is 1.58. The molecular weight excluding hydrogens is 190 g/mol. The van der Waals surface area contributed by atoms with Crippen LogP contribution in [0.3, 0.4) is 0 Å². The zero-order chi connectivity index (χ0) is 11.0. The van der Waals surface area contributed by atoms with Crippen LogP contribution in [0.25, 0.3) is 0 Å². The highest BCUT2D eigenvalue weighted by Gasteiger charge is 2.25. The van der Waals surface area contributed by atoms with Crippen molar-refractivity contribution in [3.05, 3.63) is 29.3 Å². The zero-order valence-electron chi connectivity index (χ0n) is 8.95. The van der Waals surface area contributed by atoms with Gasteiger partial charge in [-0.2, -0.15) is 0 Å². The van der Waals surface area contributed by atoms with Crippen molar-refractivity contribution >= 4 is 11.7 Å². The topological polar surface area (TPSA) is 49.3 Å². The van der Waals surface area contributed by atoms with Crippen molar-refractivity contribution in [1.29, 1.82) is 0 Å². The number of aliphatic carboxylic acids is 1. The number of nitrogens with one attached hydrogen (secondary N) is 1. The van der Waals surface area contributed by atoms with Gasteiger partial charge in [0.2, 0.25) is 0 Å². The number of carbonyl (C=O) groups is 1. The van der Waals surface area contributed by atoms with E-state index in [1.54, 1.807) is 6.92 Å². The lowest BCUT2D eigenvalue weighted by molar-refractivity contribution is -0.138. The summed E-state index contributed by atoms with van der Waals surface area (Å²) >= 11 is 0. The van der Waals surface area contributed by atoms with Crippen molar-refractivity contribution in [3.8, 4) is 0 Å². The number of rotatable bonds is 2. The molecule has 1 heterocycles. The molecule has 0 amide bonds. The quantitative estimate of drug-likeness (QED) is 0.779. The first-order valence-corrected chi connectivity index (χ1v) is 5.20. The summed E-state index contributed by atoms with van der Waals surface area (Å²) in [4.78, 5) is 11.0. The molecule has 0 aromatic heterocycles. The molecule has 1 aliphatic heterocycles. The van der Waals surface area contributed by atoms with Crippen molar-refractivity contribution in [3.63, 3.8) is 0 Å². The molecule has 0 aliphatic carbocycles. The minimum Gasteiger partial charge on any atom is -0.481 e. The Morgan fingerprint density at radius 1 is 1.60 bits per heavy atom. The molecule has 1 aromatic rings. The lowest BCUT2D eigenvalue weighted by Gasteiger charge is -2.14. The molecule has 80 valence electrons. The third-order valence-corrected chi connectivity index (χ3v) is 3.07. The van der Waals surface area contributed by atoms with Gasteiger partial charge in [0.25, 0.3) is 0 Å². The molecule has 0 spiro atoms. The van der Waals surface area contributed by atoms with Gasteiger partial charge < -0.3 is 10.4 Å². The Balaban J connectivity index is 2.49. The molecule has 2 atom stereocenters. The first-order valence-electron chi connectivity index (χ1n) is 5.20. The monoisotopic (exact) mass is 205 g/mol. The van der Waals surface area contributed by atoms with Crippen LogP contribution >= 0.6 is 0 Å². The minimum absolute atomic E-state index is 0.401. The molecule has 0 fully saturated rings. The summed E-state index contributed by atoms with van der Waals surface area (Å²) in [6.45, 7) is 4.76. The number of carboxylic acids is 1. The van der Waals surface area contributed by atoms with Crippen LogP contribution in [-0.4, -0.2) is 17.6 Å². The first kappa shape index (κ1) is 10.0. The molecule has 0 bridgehead atoms. The predicted molar refractivity (Wildman–Crippen MR) is 59.4 cm³/mol. The van der Waals surface area contributed by atoms with E-state index in [2.05, 4.69) is 12.2 Å². The fourth-order valence-electron chi connectivity index (χ4n) is 2.16. The van der Waals surface area contributed by atoms with Gasteiger partial charge in [-0.1, -0.05) is 19.1 Å². The van der Waals surface area contributed by atoms with Gasteiger partial charge in [-0.15, -0.1) is 0 Å². The summed E-state index contributed by atoms with van der Waals surface area (Å²) < 4.78 is 0. The smallest absolute Gasteiger partial charge is 0.310 e. The molecule has 3 heteroatoms. The number of hydrogen-bond donors (Lipinski definition) is 2. The highest BCUT2D eigenvalue weighted by Crippen LogP contribution is 2.37. The summed E-state index contributed by atoms with van der Waals surface area (Å²) in [5, 5.41) is 12.3. The maximum absolute atomic E-state index is 11.0. The Bertz CT molecular complexity index is 401. The molecule has 2 N–H and O–H groups in total. The molecule has 15 heavy (non-hydrogen) atoms. The Labute approximate surface area is 89.1 Å². The van der Waals surface area contributed by atoms with E-state index in [0.717, 1.165) is 17.8 Å². The van der Waals surface area contributed by atoms with Gasteiger partial charge >= 0.3 is 5.97 Å². The van der Waals surface area contributed by atoms with E-state index < -0.39 is 11.9 Å². The molecule has 2 unspecified atom stereocenters. The van der Waals surface area contributed by atoms with Crippen LogP contribution in [0.5, 0.6) is 0 Å². The van der Waals surface area contributed by atoms with Gasteiger partial charge in [0.05, 0.1) is 5.92 Å². The molecule has 3 nitrogen and oxygen atoms in total. The molecule has 0 saturated heterocycles. The highest BCUT2D eigenvalue weighted by atomic mass is 16.4. The fourth-order valence-corrected chi connectivity index (χ4v) is 2.16. The van der Waals surface area contributed by atoms with Gasteiger partial charge in [0.1, 0.15) is 0 Å². The highest BCUT2D eigenvalue weighted by molar-refractivity contribution is 5.78. The van der Waals surface area contributed by atoms with Crippen molar-refractivity contribution in [2.45, 2.75) is 25.7 Å². The Hall–Kier alpha value is -1.51. The Morgan fingerprint density at radius 2 is 2.33 bits per heavy atom. The number of benzene rings is 1. The summed E-state index contributed by atoms with van der Waals surface area (Å²) in [5.41, 5.74) is 3.21. The van der Waals surface area contributed by atoms with E-state index in [-0.39, 0.29) is 0 Å². The SMILES string of the molecule is CC1CNc2cccc(C(C)C(=O)O)c21. The van der Waals surface area contributed by atoms with Gasteiger partial charge in [-0.25, -0.2) is 0 Å². The maximum atomic E-state index is 11.0. The molecule has 2 rings (SSSR count). The van der Waals surface area contributed by atoms with Gasteiger partial charge in [-0.05, 0) is 24.1 Å². The van der Waals surface area contributed by atoms with Crippen LogP contribution in [0.15, 0.2) is 18.2 Å². The van der Waals surface area contributed by atoms with E-state index in [4.69, 9.17) is 5.11 Å². The second kappa shape index (κ2) is 3.57. The van der Waals surface area contributed by atoms with Crippen molar-refractivity contribution in [2.75, 3.05) is 11.9 Å². The lowest BCUT2D eigenvalue weighted by atomic mass is 9.90. The van der Waals surface area contributed by atoms with Crippen LogP contribution in [0.4, 0.5) is 5.69 Å². The number of fused-ring (bicyclic) bond motifs is 1. The second-order valence-electron chi connectivity index (χ2n) is 4.15. The van der Waals surface area contributed by atoms with E-state index in [1.165, 1.54) is 5.56 Å². The number of hydrogen-bond acceptors (Lipinski definition) is 2. The molecule has 0 saturated carbocycles. The standard InChI is InChI=1S/C12H15NO2/c1-7-6-13-10-5-3-4-9(11(7)10)8(2)12(14)15/h3-5,7-8,13H,6H2,1-2H3,(H,14,15). The number of anilines is 1. The van der Waals surface area contributed by atoms with Crippen LogP contribution in [0.1, 0.15) is 36.8 Å². The number of carboxylic acid groups (broad SMARTS) is 1. The molecule has 1 aliphatic rings. The fraction of sp³-hybridized carbons (Fsp3) is 0.417. The molecule has 0 radical (unpaired) electrons. The normalized spacial score (nSPS) is 20.5. The third-order valence-electron chi connectivity index (χ3n) is 3.07. The summed E-state index contributed by atoms with van der Waals surface area (Å²) in [7, 11) is 0. The van der Waals surface area contributed by atoms with Crippen LogP contribution in [0, 0.1) is 0 Å². The van der Waals surface area contributed by atoms with Crippen molar-refractivity contribution in [1.82, 2.24) is 0 Å². The predicted octanol–water partition coefficient (Wildman–Crippen LogP) is 2.40. The van der Waals surface area contributed by atoms with Crippen LogP contribution in [-0.2, 0) is 4.79 Å². The summed E-state index contributed by atoms with van der Waals surface area (Å²) in [6.07, 6.45) is 0. The Kier molecular flexibility index (Phi) is 2.39. The Morgan fingerprint density at radius 3 is 3.00 bits per heavy atom. The summed E-state index contributed by atoms with van der Waals surface area (Å²) in [6, 6.07) is 5.84. The minimum atomic E-state index is -0.762. The first-order chi connectivity index (χ1) is 7.11. The van der Waals surface area contributed by atoms with E-state index in [9.17, 15) is 4.79 Å². The zero-order valence-corrected chi connectivity index (χ0v) is 8.95. The summed E-state index contributed by atoms with van der Waals surface area (Å²) in [5.74, 6) is -0.789. The van der Waals surface area contributed by atoms with Crippen molar-refractivity contribution in [2.24, 2.45) is 0 Å².